The molecule has 1 N–H and O–H groups in total. The molecule has 0 aromatic heterocycles. The van der Waals surface area contributed by atoms with Gasteiger partial charge in [0.15, 0.2) is 6.61 Å². The molecule has 1 aromatic rings. The Morgan fingerprint density at radius 3 is 2.73 bits per heavy atom. The van der Waals surface area contributed by atoms with Crippen LogP contribution in [-0.2, 0) is 36.7 Å². The van der Waals surface area contributed by atoms with Gasteiger partial charge in [-0.2, -0.15) is 0 Å². The van der Waals surface area contributed by atoms with Gasteiger partial charge in [-0.05, 0) is 55.9 Å². The summed E-state index contributed by atoms with van der Waals surface area (Å²) in [7, 11) is 0. The van der Waals surface area contributed by atoms with Crippen LogP contribution in [0.15, 0.2) is 23.1 Å². The summed E-state index contributed by atoms with van der Waals surface area (Å²) in [6.07, 6.45) is 4.18. The second-order valence-electron chi connectivity index (χ2n) is 5.99. The highest BCUT2D eigenvalue weighted by atomic mass is 32.2. The molecule has 0 atom stereocenters. The number of rotatable bonds is 10. The largest absolute Gasteiger partial charge is 0.466 e. The first kappa shape index (κ1) is 20.3. The lowest BCUT2D eigenvalue weighted by atomic mass is 10.1. The topological polar surface area (TPSA) is 81.7 Å². The first-order valence-electron chi connectivity index (χ1n) is 8.91. The van der Waals surface area contributed by atoms with E-state index < -0.39 is 5.97 Å². The smallest absolute Gasteiger partial charge is 0.316 e. The van der Waals surface area contributed by atoms with Crippen molar-refractivity contribution in [3.05, 3.63) is 29.3 Å². The van der Waals surface area contributed by atoms with E-state index in [9.17, 15) is 14.4 Å². The van der Waals surface area contributed by atoms with Crippen molar-refractivity contribution in [3.8, 4) is 0 Å². The van der Waals surface area contributed by atoms with Crippen LogP contribution in [0.4, 0.5) is 0 Å². The molecule has 26 heavy (non-hydrogen) atoms. The van der Waals surface area contributed by atoms with Crippen LogP contribution in [-0.4, -0.2) is 43.4 Å². The molecule has 0 aliphatic heterocycles. The Labute approximate surface area is 158 Å². The van der Waals surface area contributed by atoms with Gasteiger partial charge in [0.25, 0.3) is 5.91 Å². The van der Waals surface area contributed by atoms with Crippen molar-refractivity contribution in [1.82, 2.24) is 5.32 Å². The average Bonchev–Trinajstić information content (AvgIpc) is 3.10. The lowest BCUT2D eigenvalue weighted by Crippen LogP contribution is -2.30. The molecule has 1 aromatic carbocycles. The van der Waals surface area contributed by atoms with Gasteiger partial charge >= 0.3 is 11.9 Å². The molecule has 1 amide bonds. The summed E-state index contributed by atoms with van der Waals surface area (Å²) in [4.78, 5) is 35.6. The Kier molecular flexibility index (Phi) is 8.47. The van der Waals surface area contributed by atoms with Gasteiger partial charge < -0.3 is 14.8 Å². The predicted molar refractivity (Wildman–Crippen MR) is 99.0 cm³/mol. The second-order valence-corrected chi connectivity index (χ2v) is 7.04. The zero-order valence-electron chi connectivity index (χ0n) is 15.0. The Hall–Kier alpha value is -2.02. The van der Waals surface area contributed by atoms with Gasteiger partial charge in [0, 0.05) is 17.9 Å². The monoisotopic (exact) mass is 379 g/mol. The molecule has 0 heterocycles. The SMILES string of the molecule is CCOC(=O)CCCNC(=O)COC(=O)CSc1ccc2c(c1)CCC2. The third-order valence-corrected chi connectivity index (χ3v) is 4.94. The van der Waals surface area contributed by atoms with E-state index in [1.54, 1.807) is 6.92 Å². The van der Waals surface area contributed by atoms with Crippen molar-refractivity contribution in [3.63, 3.8) is 0 Å². The molecule has 7 heteroatoms. The maximum absolute atomic E-state index is 11.8. The molecule has 0 saturated carbocycles. The van der Waals surface area contributed by atoms with E-state index in [0.29, 0.717) is 19.6 Å². The molecule has 2 rings (SSSR count). The molecule has 6 nitrogen and oxygen atoms in total. The van der Waals surface area contributed by atoms with E-state index in [4.69, 9.17) is 9.47 Å². The fourth-order valence-corrected chi connectivity index (χ4v) is 3.47. The highest BCUT2D eigenvalue weighted by molar-refractivity contribution is 8.00. The maximum atomic E-state index is 11.8. The highest BCUT2D eigenvalue weighted by Crippen LogP contribution is 2.27. The number of ether oxygens (including phenoxy) is 2. The Balaban J connectivity index is 1.56. The molecule has 0 spiro atoms. The molecule has 0 saturated heterocycles. The van der Waals surface area contributed by atoms with E-state index in [1.807, 2.05) is 6.07 Å². The standard InChI is InChI=1S/C19H25NO5S/c1-2-24-18(22)7-4-10-20-17(21)12-25-19(23)13-26-16-9-8-14-5-3-6-15(14)11-16/h8-9,11H,2-7,10,12-13H2,1H3,(H,20,21). The third-order valence-electron chi connectivity index (χ3n) is 3.98. The first-order chi connectivity index (χ1) is 12.6. The van der Waals surface area contributed by atoms with Gasteiger partial charge in [-0.3, -0.25) is 14.4 Å². The number of hydrogen-bond donors (Lipinski definition) is 1. The zero-order valence-corrected chi connectivity index (χ0v) is 15.9. The van der Waals surface area contributed by atoms with Gasteiger partial charge in [-0.1, -0.05) is 6.07 Å². The van der Waals surface area contributed by atoms with E-state index in [0.717, 1.165) is 17.7 Å². The van der Waals surface area contributed by atoms with E-state index in [2.05, 4.69) is 17.4 Å². The van der Waals surface area contributed by atoms with Crippen LogP contribution in [0.25, 0.3) is 0 Å². The summed E-state index contributed by atoms with van der Waals surface area (Å²) in [6, 6.07) is 6.29. The first-order valence-corrected chi connectivity index (χ1v) is 9.89. The molecule has 1 aliphatic carbocycles. The molecule has 0 unspecified atom stereocenters. The Morgan fingerprint density at radius 1 is 1.12 bits per heavy atom. The zero-order chi connectivity index (χ0) is 18.8. The number of fused-ring (bicyclic) bond motifs is 1. The summed E-state index contributed by atoms with van der Waals surface area (Å²) in [5.74, 6) is -0.895. The van der Waals surface area contributed by atoms with Crippen LogP contribution in [0.5, 0.6) is 0 Å². The van der Waals surface area contributed by atoms with Crippen molar-refractivity contribution in [1.29, 1.82) is 0 Å². The van der Waals surface area contributed by atoms with Gasteiger partial charge in [0.2, 0.25) is 0 Å². The molecule has 1 aliphatic rings. The maximum Gasteiger partial charge on any atom is 0.316 e. The summed E-state index contributed by atoms with van der Waals surface area (Å²) >= 11 is 1.42. The van der Waals surface area contributed by atoms with Gasteiger partial charge in [-0.15, -0.1) is 11.8 Å². The lowest BCUT2D eigenvalue weighted by molar-refractivity contribution is -0.145. The molecular formula is C19H25NO5S. The average molecular weight is 379 g/mol. The lowest BCUT2D eigenvalue weighted by Gasteiger charge is -2.07. The molecule has 0 radical (unpaired) electrons. The quantitative estimate of drug-likeness (QED) is 0.382. The molecule has 0 fully saturated rings. The number of carbonyl (C=O) groups is 3. The minimum atomic E-state index is -0.419. The summed E-state index contributed by atoms with van der Waals surface area (Å²) in [5.41, 5.74) is 2.77. The fourth-order valence-electron chi connectivity index (χ4n) is 2.71. The van der Waals surface area contributed by atoms with Crippen molar-refractivity contribution in [2.75, 3.05) is 25.5 Å². The van der Waals surface area contributed by atoms with E-state index in [-0.39, 0.29) is 30.7 Å². The Bertz CT molecular complexity index is 647. The number of hydrogen-bond acceptors (Lipinski definition) is 6. The van der Waals surface area contributed by atoms with E-state index >= 15 is 0 Å². The number of amides is 1. The fraction of sp³-hybridized carbons (Fsp3) is 0.526. The minimum Gasteiger partial charge on any atom is -0.466 e. The molecular weight excluding hydrogens is 354 g/mol. The summed E-state index contributed by atoms with van der Waals surface area (Å²) in [5, 5.41) is 2.61. The minimum absolute atomic E-state index is 0.176. The van der Waals surface area contributed by atoms with Crippen LogP contribution in [0.3, 0.4) is 0 Å². The van der Waals surface area contributed by atoms with E-state index in [1.165, 1.54) is 29.3 Å². The van der Waals surface area contributed by atoms with Crippen LogP contribution >= 0.6 is 11.8 Å². The number of benzene rings is 1. The van der Waals surface area contributed by atoms with Crippen LogP contribution in [0, 0.1) is 0 Å². The predicted octanol–water partition coefficient (Wildman–Crippen LogP) is 2.27. The van der Waals surface area contributed by atoms with Crippen LogP contribution in [0.2, 0.25) is 0 Å². The number of nitrogens with one attached hydrogen (secondary N) is 1. The van der Waals surface area contributed by atoms with Crippen LogP contribution in [0.1, 0.15) is 37.3 Å². The second kappa shape index (κ2) is 10.9. The highest BCUT2D eigenvalue weighted by Gasteiger charge is 2.12. The number of esters is 2. The number of aryl methyl sites for hydroxylation is 2. The number of carbonyl (C=O) groups excluding carboxylic acids is 3. The van der Waals surface area contributed by atoms with Gasteiger partial charge in [0.1, 0.15) is 0 Å². The summed E-state index contributed by atoms with van der Waals surface area (Å²) < 4.78 is 9.76. The number of thioether (sulfide) groups is 1. The van der Waals surface area contributed by atoms with Crippen molar-refractivity contribution >= 4 is 29.6 Å². The normalized spacial score (nSPS) is 12.3. The van der Waals surface area contributed by atoms with Crippen molar-refractivity contribution < 1.29 is 23.9 Å². The van der Waals surface area contributed by atoms with Crippen LogP contribution < -0.4 is 5.32 Å². The van der Waals surface area contributed by atoms with Crippen molar-refractivity contribution in [2.45, 2.75) is 43.9 Å². The van der Waals surface area contributed by atoms with Crippen molar-refractivity contribution in [2.24, 2.45) is 0 Å². The Morgan fingerprint density at radius 2 is 1.92 bits per heavy atom. The third kappa shape index (κ3) is 7.07. The summed E-state index contributed by atoms with van der Waals surface area (Å²) in [6.45, 7) is 2.14. The van der Waals surface area contributed by atoms with Gasteiger partial charge in [0.05, 0.1) is 12.4 Å². The molecule has 142 valence electrons. The molecule has 0 bridgehead atoms. The van der Waals surface area contributed by atoms with Gasteiger partial charge in [-0.25, -0.2) is 0 Å².